The van der Waals surface area contributed by atoms with Gasteiger partial charge >= 0.3 is 0 Å². The molecule has 0 spiro atoms. The molecule has 4 heteroatoms. The van der Waals surface area contributed by atoms with Crippen molar-refractivity contribution < 1.29 is 5.11 Å². The number of hydrogen-bond acceptors (Lipinski definition) is 4. The summed E-state index contributed by atoms with van der Waals surface area (Å²) in [4.78, 5) is 4.15. The highest BCUT2D eigenvalue weighted by atomic mass is 32.1. The molecule has 1 aromatic rings. The van der Waals surface area contributed by atoms with Crippen molar-refractivity contribution in [2.75, 3.05) is 5.73 Å². The zero-order valence-corrected chi connectivity index (χ0v) is 8.31. The van der Waals surface area contributed by atoms with Crippen molar-refractivity contribution in [3.8, 4) is 0 Å². The fourth-order valence-electron chi connectivity index (χ4n) is 1.98. The minimum atomic E-state index is -0.734. The fourth-order valence-corrected chi connectivity index (χ4v) is 2.60. The van der Waals surface area contributed by atoms with Gasteiger partial charge in [-0.1, -0.05) is 19.3 Å². The molecule has 0 amide bonds. The molecule has 3 N–H and O–H groups in total. The monoisotopic (exact) mass is 198 g/mol. The molecular weight excluding hydrogens is 184 g/mol. The maximum Gasteiger partial charge on any atom is 0.112 e. The number of hydrogen-bond donors (Lipinski definition) is 2. The lowest BCUT2D eigenvalue weighted by Crippen LogP contribution is -2.29. The zero-order chi connectivity index (χ0) is 9.31. The van der Waals surface area contributed by atoms with Crippen LogP contribution in [-0.4, -0.2) is 10.1 Å². The average molecular weight is 198 g/mol. The lowest BCUT2D eigenvalue weighted by Gasteiger charge is -2.30. The first-order chi connectivity index (χ1) is 6.22. The van der Waals surface area contributed by atoms with Crippen LogP contribution in [-0.2, 0) is 5.60 Å². The molecule has 1 heterocycles. The van der Waals surface area contributed by atoms with Crippen molar-refractivity contribution in [2.45, 2.75) is 37.7 Å². The molecule has 0 saturated heterocycles. The second kappa shape index (κ2) is 3.27. The van der Waals surface area contributed by atoms with E-state index in [2.05, 4.69) is 4.98 Å². The van der Waals surface area contributed by atoms with Crippen molar-refractivity contribution >= 4 is 16.3 Å². The third-order valence-electron chi connectivity index (χ3n) is 2.72. The summed E-state index contributed by atoms with van der Waals surface area (Å²) in [6, 6.07) is 0. The van der Waals surface area contributed by atoms with Crippen molar-refractivity contribution in [3.05, 3.63) is 11.2 Å². The standard InChI is InChI=1S/C9H14N2OS/c10-8-7(11-6-13-8)9(12)4-2-1-3-5-9/h6,12H,1-5,10H2. The summed E-state index contributed by atoms with van der Waals surface area (Å²) in [6.45, 7) is 0. The highest BCUT2D eigenvalue weighted by Gasteiger charge is 2.34. The lowest BCUT2D eigenvalue weighted by molar-refractivity contribution is -0.00340. The van der Waals surface area contributed by atoms with Gasteiger partial charge in [0.25, 0.3) is 0 Å². The van der Waals surface area contributed by atoms with E-state index in [-0.39, 0.29) is 0 Å². The number of anilines is 1. The average Bonchev–Trinajstić information content (AvgIpc) is 2.53. The summed E-state index contributed by atoms with van der Waals surface area (Å²) < 4.78 is 0. The first-order valence-corrected chi connectivity index (χ1v) is 5.52. The van der Waals surface area contributed by atoms with E-state index < -0.39 is 5.60 Å². The predicted octanol–water partition coefficient (Wildman–Crippen LogP) is 1.88. The Morgan fingerprint density at radius 1 is 1.38 bits per heavy atom. The van der Waals surface area contributed by atoms with E-state index >= 15 is 0 Å². The Morgan fingerprint density at radius 2 is 2.08 bits per heavy atom. The number of rotatable bonds is 1. The van der Waals surface area contributed by atoms with Gasteiger partial charge in [0.05, 0.1) is 5.51 Å². The fraction of sp³-hybridized carbons (Fsp3) is 0.667. The normalized spacial score (nSPS) is 21.6. The molecule has 2 rings (SSSR count). The van der Waals surface area contributed by atoms with E-state index in [4.69, 9.17) is 5.73 Å². The molecule has 0 bridgehead atoms. The summed E-state index contributed by atoms with van der Waals surface area (Å²) in [5.41, 5.74) is 7.43. The van der Waals surface area contributed by atoms with Crippen LogP contribution in [0.1, 0.15) is 37.8 Å². The summed E-state index contributed by atoms with van der Waals surface area (Å²) in [5.74, 6) is 0. The van der Waals surface area contributed by atoms with E-state index in [1.54, 1.807) is 5.51 Å². The molecule has 1 fully saturated rings. The Bertz CT molecular complexity index is 292. The van der Waals surface area contributed by atoms with Gasteiger partial charge < -0.3 is 10.8 Å². The quantitative estimate of drug-likeness (QED) is 0.724. The summed E-state index contributed by atoms with van der Waals surface area (Å²) in [7, 11) is 0. The second-order valence-electron chi connectivity index (χ2n) is 3.66. The molecular formula is C9H14N2OS. The number of aromatic nitrogens is 1. The molecule has 1 aromatic heterocycles. The molecule has 13 heavy (non-hydrogen) atoms. The van der Waals surface area contributed by atoms with E-state index in [0.29, 0.717) is 10.7 Å². The topological polar surface area (TPSA) is 59.1 Å². The minimum absolute atomic E-state index is 0.671. The summed E-state index contributed by atoms with van der Waals surface area (Å²) in [6.07, 6.45) is 4.98. The maximum atomic E-state index is 10.3. The van der Waals surface area contributed by atoms with Gasteiger partial charge in [-0.15, -0.1) is 11.3 Å². The third-order valence-corrected chi connectivity index (χ3v) is 3.37. The van der Waals surface area contributed by atoms with Gasteiger partial charge in [0, 0.05) is 0 Å². The maximum absolute atomic E-state index is 10.3. The molecule has 3 nitrogen and oxygen atoms in total. The number of aliphatic hydroxyl groups is 1. The molecule has 0 unspecified atom stereocenters. The van der Waals surface area contributed by atoms with Crippen molar-refractivity contribution in [1.82, 2.24) is 4.98 Å². The van der Waals surface area contributed by atoms with E-state index in [0.717, 1.165) is 25.7 Å². The number of thiazole rings is 1. The Hall–Kier alpha value is -0.610. The van der Waals surface area contributed by atoms with Crippen LogP contribution in [0.25, 0.3) is 0 Å². The van der Waals surface area contributed by atoms with Crippen molar-refractivity contribution in [2.24, 2.45) is 0 Å². The van der Waals surface area contributed by atoms with Crippen LogP contribution in [0, 0.1) is 0 Å². The van der Waals surface area contributed by atoms with Crippen molar-refractivity contribution in [3.63, 3.8) is 0 Å². The molecule has 1 saturated carbocycles. The van der Waals surface area contributed by atoms with Gasteiger partial charge in [0.15, 0.2) is 0 Å². The van der Waals surface area contributed by atoms with Crippen LogP contribution in [0.15, 0.2) is 5.51 Å². The van der Waals surface area contributed by atoms with Crippen LogP contribution in [0.5, 0.6) is 0 Å². The SMILES string of the molecule is Nc1scnc1C1(O)CCCCC1. The third kappa shape index (κ3) is 1.56. The second-order valence-corrected chi connectivity index (χ2v) is 4.54. The van der Waals surface area contributed by atoms with Gasteiger partial charge in [0.2, 0.25) is 0 Å². The van der Waals surface area contributed by atoms with E-state index in [9.17, 15) is 5.11 Å². The number of nitrogens with two attached hydrogens (primary N) is 1. The van der Waals surface area contributed by atoms with Crippen LogP contribution >= 0.6 is 11.3 Å². The molecule has 0 aliphatic heterocycles. The van der Waals surface area contributed by atoms with Gasteiger partial charge in [0.1, 0.15) is 16.3 Å². The first kappa shape index (κ1) is 8.97. The molecule has 0 atom stereocenters. The Morgan fingerprint density at radius 3 is 2.62 bits per heavy atom. The highest BCUT2D eigenvalue weighted by molar-refractivity contribution is 7.13. The smallest absolute Gasteiger partial charge is 0.112 e. The summed E-state index contributed by atoms with van der Waals surface area (Å²) in [5, 5.41) is 10.9. The lowest BCUT2D eigenvalue weighted by atomic mass is 9.82. The van der Waals surface area contributed by atoms with Crippen molar-refractivity contribution in [1.29, 1.82) is 0 Å². The Balaban J connectivity index is 2.27. The number of nitrogens with zero attached hydrogens (tertiary/aromatic N) is 1. The molecule has 72 valence electrons. The summed E-state index contributed by atoms with van der Waals surface area (Å²) >= 11 is 1.40. The molecule has 0 radical (unpaired) electrons. The van der Waals surface area contributed by atoms with Gasteiger partial charge in [-0.3, -0.25) is 0 Å². The molecule has 1 aliphatic carbocycles. The molecule has 1 aliphatic rings. The van der Waals surface area contributed by atoms with Crippen LogP contribution < -0.4 is 5.73 Å². The van der Waals surface area contributed by atoms with Crippen LogP contribution in [0.4, 0.5) is 5.00 Å². The Kier molecular flexibility index (Phi) is 2.26. The Labute approximate surface area is 81.6 Å². The predicted molar refractivity (Wildman–Crippen MR) is 53.5 cm³/mol. The van der Waals surface area contributed by atoms with Gasteiger partial charge in [-0.05, 0) is 12.8 Å². The van der Waals surface area contributed by atoms with Gasteiger partial charge in [-0.25, -0.2) is 4.98 Å². The first-order valence-electron chi connectivity index (χ1n) is 4.64. The molecule has 0 aromatic carbocycles. The van der Waals surface area contributed by atoms with E-state index in [1.807, 2.05) is 0 Å². The minimum Gasteiger partial charge on any atom is -0.389 e. The van der Waals surface area contributed by atoms with Gasteiger partial charge in [-0.2, -0.15) is 0 Å². The zero-order valence-electron chi connectivity index (χ0n) is 7.49. The highest BCUT2D eigenvalue weighted by Crippen LogP contribution is 2.39. The largest absolute Gasteiger partial charge is 0.389 e. The number of nitrogen functional groups attached to an aromatic ring is 1. The van der Waals surface area contributed by atoms with Crippen LogP contribution in [0.3, 0.4) is 0 Å². The van der Waals surface area contributed by atoms with Crippen LogP contribution in [0.2, 0.25) is 0 Å². The van der Waals surface area contributed by atoms with E-state index in [1.165, 1.54) is 17.8 Å².